The van der Waals surface area contributed by atoms with Crippen LogP contribution >= 0.6 is 0 Å². The van der Waals surface area contributed by atoms with Crippen LogP contribution in [0.1, 0.15) is 24.0 Å². The predicted octanol–water partition coefficient (Wildman–Crippen LogP) is 4.01. The van der Waals surface area contributed by atoms with Crippen LogP contribution in [0.25, 0.3) is 22.4 Å². The monoisotopic (exact) mass is 474 g/mol. The molecule has 1 aliphatic rings. The van der Waals surface area contributed by atoms with Crippen molar-refractivity contribution in [3.05, 3.63) is 83.9 Å². The van der Waals surface area contributed by atoms with Gasteiger partial charge in [-0.1, -0.05) is 60.2 Å². The van der Waals surface area contributed by atoms with Gasteiger partial charge in [-0.25, -0.2) is 13.4 Å². The van der Waals surface area contributed by atoms with Crippen molar-refractivity contribution >= 4 is 27.0 Å². The molecule has 1 aromatic heterocycles. The number of carbonyl (C=O) groups excluding carboxylic acids is 1. The molecule has 1 fully saturated rings. The number of hydrogen-bond acceptors (Lipinski definition) is 4. The first-order chi connectivity index (χ1) is 16.4. The van der Waals surface area contributed by atoms with Crippen molar-refractivity contribution in [2.75, 3.05) is 6.54 Å². The van der Waals surface area contributed by atoms with Crippen molar-refractivity contribution in [2.24, 2.45) is 0 Å². The molecule has 174 valence electrons. The quantitative estimate of drug-likeness (QED) is 0.441. The number of benzene rings is 3. The Bertz CT molecular complexity index is 1430. The molecule has 0 unspecified atom stereocenters. The van der Waals surface area contributed by atoms with Gasteiger partial charge in [0.15, 0.2) is 0 Å². The van der Waals surface area contributed by atoms with Crippen LogP contribution in [0, 0.1) is 6.92 Å². The van der Waals surface area contributed by atoms with Gasteiger partial charge >= 0.3 is 0 Å². The fourth-order valence-corrected chi connectivity index (χ4v) is 6.00. The summed E-state index contributed by atoms with van der Waals surface area (Å²) in [7, 11) is -3.84. The number of imidazole rings is 1. The number of hydrogen-bond donors (Lipinski definition) is 2. The largest absolute Gasteiger partial charge is 0.351 e. The molecule has 1 saturated heterocycles. The predicted molar refractivity (Wildman–Crippen MR) is 131 cm³/mol. The number of sulfonamides is 1. The maximum atomic E-state index is 13.5. The minimum Gasteiger partial charge on any atom is -0.351 e. The van der Waals surface area contributed by atoms with E-state index < -0.39 is 16.1 Å². The highest BCUT2D eigenvalue weighted by Gasteiger charge is 2.39. The molecule has 1 amide bonds. The molecule has 0 radical (unpaired) electrons. The van der Waals surface area contributed by atoms with Gasteiger partial charge in [-0.05, 0) is 43.5 Å². The molecule has 0 bridgehead atoms. The first-order valence-electron chi connectivity index (χ1n) is 11.3. The summed E-state index contributed by atoms with van der Waals surface area (Å²) in [6.07, 6.45) is 1.15. The highest BCUT2D eigenvalue weighted by atomic mass is 32.2. The third-order valence-electron chi connectivity index (χ3n) is 6.20. The molecule has 0 spiro atoms. The maximum absolute atomic E-state index is 13.5. The Morgan fingerprint density at radius 3 is 2.62 bits per heavy atom. The lowest BCUT2D eigenvalue weighted by Gasteiger charge is -2.23. The number of aromatic nitrogens is 2. The Morgan fingerprint density at radius 1 is 1.09 bits per heavy atom. The van der Waals surface area contributed by atoms with Gasteiger partial charge in [-0.3, -0.25) is 4.79 Å². The van der Waals surface area contributed by atoms with Crippen LogP contribution in [0.5, 0.6) is 0 Å². The fraction of sp³-hybridized carbons (Fsp3) is 0.231. The fourth-order valence-electron chi connectivity index (χ4n) is 4.32. The number of aromatic amines is 1. The number of fused-ring (bicyclic) bond motifs is 1. The van der Waals surface area contributed by atoms with E-state index in [-0.39, 0.29) is 10.8 Å². The number of H-pyrrole nitrogens is 1. The van der Waals surface area contributed by atoms with Gasteiger partial charge in [0.1, 0.15) is 11.9 Å². The van der Waals surface area contributed by atoms with Crippen LogP contribution in [0.2, 0.25) is 0 Å². The summed E-state index contributed by atoms with van der Waals surface area (Å²) in [5.74, 6) is 0.412. The second-order valence-corrected chi connectivity index (χ2v) is 10.5. The second kappa shape index (κ2) is 9.04. The zero-order valence-corrected chi connectivity index (χ0v) is 19.7. The van der Waals surface area contributed by atoms with Gasteiger partial charge in [0, 0.05) is 18.7 Å². The topological polar surface area (TPSA) is 95.2 Å². The van der Waals surface area contributed by atoms with E-state index in [4.69, 9.17) is 0 Å². The first kappa shape index (κ1) is 22.3. The smallest absolute Gasteiger partial charge is 0.243 e. The first-order valence-corrected chi connectivity index (χ1v) is 12.8. The van der Waals surface area contributed by atoms with Crippen LogP contribution in [0.3, 0.4) is 0 Å². The molecule has 0 saturated carbocycles. The van der Waals surface area contributed by atoms with E-state index in [0.29, 0.717) is 42.8 Å². The molecular formula is C26H26N4O3S. The molecule has 4 aromatic rings. The molecule has 0 aliphatic carbocycles. The zero-order valence-electron chi connectivity index (χ0n) is 18.9. The van der Waals surface area contributed by atoms with Crippen molar-refractivity contribution in [1.82, 2.24) is 19.6 Å². The summed E-state index contributed by atoms with van der Waals surface area (Å²) in [5, 5.41) is 2.90. The summed E-state index contributed by atoms with van der Waals surface area (Å²) in [4.78, 5) is 20.9. The number of rotatable bonds is 6. The number of nitrogens with zero attached hydrogens (tertiary/aromatic N) is 2. The van der Waals surface area contributed by atoms with E-state index >= 15 is 0 Å². The maximum Gasteiger partial charge on any atom is 0.243 e. The highest BCUT2D eigenvalue weighted by Crippen LogP contribution is 2.29. The third-order valence-corrected chi connectivity index (χ3v) is 8.11. The SMILES string of the molecule is Cc1ccc(CNC(=O)[C@H]2CCCN2S(=O)(=O)c2ccc3nc(-c4ccccc4)[nH]c3c2)cc1. The summed E-state index contributed by atoms with van der Waals surface area (Å²) < 4.78 is 28.3. The summed E-state index contributed by atoms with van der Waals surface area (Å²) in [6, 6.07) is 21.7. The normalized spacial score (nSPS) is 16.7. The van der Waals surface area contributed by atoms with Crippen LogP contribution in [0.15, 0.2) is 77.7 Å². The molecule has 5 rings (SSSR count). The number of amides is 1. The third kappa shape index (κ3) is 4.34. The zero-order chi connectivity index (χ0) is 23.7. The standard InChI is InChI=1S/C26H26N4O3S/c1-18-9-11-19(12-10-18)17-27-26(31)24-8-5-15-30(24)34(32,33)21-13-14-22-23(16-21)29-25(28-22)20-6-3-2-4-7-20/h2-4,6-7,9-14,16,24H,5,8,15,17H2,1H3,(H,27,31)(H,28,29)/t24-/m1/s1. The average molecular weight is 475 g/mol. The lowest BCUT2D eigenvalue weighted by atomic mass is 10.1. The molecule has 1 atom stereocenters. The Balaban J connectivity index is 1.36. The van der Waals surface area contributed by atoms with Gasteiger partial charge in [-0.2, -0.15) is 4.31 Å². The Kier molecular flexibility index (Phi) is 5.93. The van der Waals surface area contributed by atoms with E-state index in [9.17, 15) is 13.2 Å². The minimum absolute atomic E-state index is 0.154. The van der Waals surface area contributed by atoms with E-state index in [1.165, 1.54) is 4.31 Å². The van der Waals surface area contributed by atoms with E-state index in [0.717, 1.165) is 16.7 Å². The molecule has 3 aromatic carbocycles. The van der Waals surface area contributed by atoms with Gasteiger partial charge in [0.25, 0.3) is 0 Å². The van der Waals surface area contributed by atoms with Crippen molar-refractivity contribution in [1.29, 1.82) is 0 Å². The molecule has 8 heteroatoms. The molecule has 1 aliphatic heterocycles. The van der Waals surface area contributed by atoms with Crippen LogP contribution in [-0.2, 0) is 21.4 Å². The number of carbonyl (C=O) groups is 1. The van der Waals surface area contributed by atoms with Gasteiger partial charge in [0.05, 0.1) is 15.9 Å². The van der Waals surface area contributed by atoms with E-state index in [2.05, 4.69) is 15.3 Å². The number of nitrogens with one attached hydrogen (secondary N) is 2. The van der Waals surface area contributed by atoms with Gasteiger partial charge < -0.3 is 10.3 Å². The van der Waals surface area contributed by atoms with Crippen LogP contribution in [-0.4, -0.2) is 41.2 Å². The van der Waals surface area contributed by atoms with E-state index in [1.807, 2.05) is 61.5 Å². The van der Waals surface area contributed by atoms with Gasteiger partial charge in [-0.15, -0.1) is 0 Å². The van der Waals surface area contributed by atoms with Crippen molar-refractivity contribution in [2.45, 2.75) is 37.2 Å². The van der Waals surface area contributed by atoms with Crippen LogP contribution in [0.4, 0.5) is 0 Å². The number of aryl methyl sites for hydroxylation is 1. The van der Waals surface area contributed by atoms with Crippen molar-refractivity contribution in [3.63, 3.8) is 0 Å². The molecule has 2 N–H and O–H groups in total. The Morgan fingerprint density at radius 2 is 1.85 bits per heavy atom. The molecule has 7 nitrogen and oxygen atoms in total. The molecular weight excluding hydrogens is 448 g/mol. The summed E-state index contributed by atoms with van der Waals surface area (Å²) in [6.45, 7) is 2.69. The van der Waals surface area contributed by atoms with Crippen molar-refractivity contribution < 1.29 is 13.2 Å². The molecule has 34 heavy (non-hydrogen) atoms. The highest BCUT2D eigenvalue weighted by molar-refractivity contribution is 7.89. The van der Waals surface area contributed by atoms with Crippen molar-refractivity contribution in [3.8, 4) is 11.4 Å². The summed E-state index contributed by atoms with van der Waals surface area (Å²) in [5.41, 5.74) is 4.37. The summed E-state index contributed by atoms with van der Waals surface area (Å²) >= 11 is 0. The molecule has 2 heterocycles. The van der Waals surface area contributed by atoms with E-state index in [1.54, 1.807) is 18.2 Å². The second-order valence-electron chi connectivity index (χ2n) is 8.61. The van der Waals surface area contributed by atoms with Crippen LogP contribution < -0.4 is 5.32 Å². The Hall–Kier alpha value is -3.49. The average Bonchev–Trinajstić information content (AvgIpc) is 3.51. The van der Waals surface area contributed by atoms with Gasteiger partial charge in [0.2, 0.25) is 15.9 Å². The lowest BCUT2D eigenvalue weighted by Crippen LogP contribution is -2.45. The lowest BCUT2D eigenvalue weighted by molar-refractivity contribution is -0.124. The Labute approximate surface area is 198 Å². The minimum atomic E-state index is -3.84.